The number of carbonyl (C=O) groups is 1. The molecule has 1 aromatic carbocycles. The van der Waals surface area contributed by atoms with Crippen molar-refractivity contribution in [3.63, 3.8) is 0 Å². The Kier molecular flexibility index (Phi) is 4.43. The fourth-order valence-electron chi connectivity index (χ4n) is 1.18. The van der Waals surface area contributed by atoms with E-state index >= 15 is 0 Å². The lowest BCUT2D eigenvalue weighted by atomic mass is 10.2. The smallest absolute Gasteiger partial charge is 0.303 e. The van der Waals surface area contributed by atoms with Crippen LogP contribution in [0.25, 0.3) is 0 Å². The van der Waals surface area contributed by atoms with Crippen molar-refractivity contribution in [3.8, 4) is 5.75 Å². The summed E-state index contributed by atoms with van der Waals surface area (Å²) in [6.45, 7) is 2.31. The number of halogens is 1. The number of hydrogen-bond donors (Lipinski definition) is 1. The fraction of sp³-hybridized carbons (Fsp3) is 0.364. The maximum absolute atomic E-state index is 10.2. The van der Waals surface area contributed by atoms with Crippen LogP contribution in [0.2, 0.25) is 5.02 Å². The number of benzene rings is 1. The Morgan fingerprint density at radius 2 is 2.27 bits per heavy atom. The van der Waals surface area contributed by atoms with E-state index in [1.54, 1.807) is 12.1 Å². The summed E-state index contributed by atoms with van der Waals surface area (Å²) in [5.74, 6) is -0.0452. The highest BCUT2D eigenvalue weighted by Crippen LogP contribution is 2.21. The van der Waals surface area contributed by atoms with Crippen LogP contribution in [0.4, 0.5) is 0 Å². The Bertz CT molecular complexity index is 350. The number of ether oxygens (including phenoxy) is 1. The van der Waals surface area contributed by atoms with Crippen LogP contribution < -0.4 is 4.74 Å². The predicted octanol–water partition coefficient (Wildman–Crippen LogP) is 2.89. The first-order valence-electron chi connectivity index (χ1n) is 4.70. The summed E-state index contributed by atoms with van der Waals surface area (Å²) in [6.07, 6.45) is 0.643. The number of carboxylic acid groups (broad SMARTS) is 1. The molecule has 0 atom stereocenters. The van der Waals surface area contributed by atoms with Gasteiger partial charge in [0.15, 0.2) is 0 Å². The van der Waals surface area contributed by atoms with E-state index < -0.39 is 5.97 Å². The molecule has 0 saturated carbocycles. The summed E-state index contributed by atoms with van der Waals surface area (Å²) in [5, 5.41) is 9.10. The van der Waals surface area contributed by atoms with E-state index in [1.165, 1.54) is 0 Å². The second-order valence-electron chi connectivity index (χ2n) is 3.26. The molecule has 0 saturated heterocycles. The van der Waals surface area contributed by atoms with Crippen LogP contribution >= 0.6 is 11.6 Å². The lowest BCUT2D eigenvalue weighted by Gasteiger charge is -2.08. The van der Waals surface area contributed by atoms with Gasteiger partial charge in [-0.1, -0.05) is 11.6 Å². The molecule has 1 aromatic rings. The van der Waals surface area contributed by atoms with Gasteiger partial charge >= 0.3 is 5.97 Å². The summed E-state index contributed by atoms with van der Waals surface area (Å²) in [6, 6.07) is 5.35. The van der Waals surface area contributed by atoms with Crippen molar-refractivity contribution in [1.29, 1.82) is 0 Å². The molecule has 15 heavy (non-hydrogen) atoms. The molecular weight excluding hydrogens is 216 g/mol. The molecule has 0 radical (unpaired) electrons. The molecule has 0 amide bonds. The Balaban J connectivity index is 2.40. The van der Waals surface area contributed by atoms with E-state index in [0.717, 1.165) is 11.3 Å². The van der Waals surface area contributed by atoms with Crippen LogP contribution in [0.3, 0.4) is 0 Å². The van der Waals surface area contributed by atoms with Gasteiger partial charge in [-0.25, -0.2) is 0 Å². The van der Waals surface area contributed by atoms with Crippen LogP contribution in [0.15, 0.2) is 18.2 Å². The fourth-order valence-corrected chi connectivity index (χ4v) is 1.41. The van der Waals surface area contributed by atoms with Gasteiger partial charge in [-0.15, -0.1) is 0 Å². The van der Waals surface area contributed by atoms with Crippen molar-refractivity contribution in [3.05, 3.63) is 28.8 Å². The summed E-state index contributed by atoms with van der Waals surface area (Å²) < 4.78 is 5.42. The standard InChI is InChI=1S/C11H13ClO3/c1-8-7-9(12)4-5-10(8)15-6-2-3-11(13)14/h4-5,7H,2-3,6H2,1H3,(H,13,14). The highest BCUT2D eigenvalue weighted by molar-refractivity contribution is 6.30. The predicted molar refractivity (Wildman–Crippen MR) is 58.6 cm³/mol. The number of hydrogen-bond acceptors (Lipinski definition) is 2. The SMILES string of the molecule is Cc1cc(Cl)ccc1OCCCC(=O)O. The van der Waals surface area contributed by atoms with Gasteiger partial charge in [-0.3, -0.25) is 4.79 Å². The zero-order chi connectivity index (χ0) is 11.3. The first kappa shape index (κ1) is 11.9. The topological polar surface area (TPSA) is 46.5 Å². The van der Waals surface area contributed by atoms with Gasteiger partial charge in [0.05, 0.1) is 6.61 Å². The highest BCUT2D eigenvalue weighted by atomic mass is 35.5. The summed E-state index contributed by atoms with van der Waals surface area (Å²) in [7, 11) is 0. The minimum Gasteiger partial charge on any atom is -0.493 e. The quantitative estimate of drug-likeness (QED) is 0.789. The Morgan fingerprint density at radius 1 is 1.53 bits per heavy atom. The zero-order valence-corrected chi connectivity index (χ0v) is 9.25. The molecule has 0 unspecified atom stereocenters. The molecule has 0 aromatic heterocycles. The molecule has 1 N–H and O–H groups in total. The van der Waals surface area contributed by atoms with E-state index in [-0.39, 0.29) is 6.42 Å². The molecule has 3 nitrogen and oxygen atoms in total. The number of aliphatic carboxylic acids is 1. The summed E-state index contributed by atoms with van der Waals surface area (Å²) in [4.78, 5) is 10.2. The van der Waals surface area contributed by atoms with Gasteiger partial charge in [-0.2, -0.15) is 0 Å². The van der Waals surface area contributed by atoms with Crippen molar-refractivity contribution in [2.45, 2.75) is 19.8 Å². The Morgan fingerprint density at radius 3 is 2.87 bits per heavy atom. The van der Waals surface area contributed by atoms with Gasteiger partial charge in [0.2, 0.25) is 0 Å². The van der Waals surface area contributed by atoms with Crippen molar-refractivity contribution < 1.29 is 14.6 Å². The Labute approximate surface area is 93.6 Å². The van der Waals surface area contributed by atoms with Gasteiger partial charge < -0.3 is 9.84 Å². The van der Waals surface area contributed by atoms with E-state index in [2.05, 4.69) is 0 Å². The third-order valence-corrected chi connectivity index (χ3v) is 2.16. The maximum atomic E-state index is 10.2. The van der Waals surface area contributed by atoms with E-state index in [9.17, 15) is 4.79 Å². The lowest BCUT2D eigenvalue weighted by Crippen LogP contribution is -2.02. The maximum Gasteiger partial charge on any atom is 0.303 e. The first-order chi connectivity index (χ1) is 7.09. The molecule has 82 valence electrons. The van der Waals surface area contributed by atoms with E-state index in [4.69, 9.17) is 21.4 Å². The molecule has 0 heterocycles. The third kappa shape index (κ3) is 4.21. The first-order valence-corrected chi connectivity index (χ1v) is 5.08. The van der Waals surface area contributed by atoms with Crippen LogP contribution in [0.5, 0.6) is 5.75 Å². The highest BCUT2D eigenvalue weighted by Gasteiger charge is 2.01. The molecular formula is C11H13ClO3. The summed E-state index contributed by atoms with van der Waals surface area (Å²) in [5.41, 5.74) is 0.956. The zero-order valence-electron chi connectivity index (χ0n) is 8.50. The minimum atomic E-state index is -0.800. The summed E-state index contributed by atoms with van der Waals surface area (Å²) >= 11 is 5.79. The van der Waals surface area contributed by atoms with E-state index in [0.29, 0.717) is 18.1 Å². The van der Waals surface area contributed by atoms with Crippen LogP contribution in [0.1, 0.15) is 18.4 Å². The lowest BCUT2D eigenvalue weighted by molar-refractivity contribution is -0.137. The molecule has 1 rings (SSSR count). The second-order valence-corrected chi connectivity index (χ2v) is 3.69. The van der Waals surface area contributed by atoms with Crippen LogP contribution in [-0.4, -0.2) is 17.7 Å². The second kappa shape index (κ2) is 5.61. The van der Waals surface area contributed by atoms with E-state index in [1.807, 2.05) is 13.0 Å². The molecule has 0 spiro atoms. The molecule has 0 fully saturated rings. The van der Waals surface area contributed by atoms with Crippen molar-refractivity contribution in [1.82, 2.24) is 0 Å². The normalized spacial score (nSPS) is 10.0. The third-order valence-electron chi connectivity index (χ3n) is 1.93. The Hall–Kier alpha value is -1.22. The molecule has 0 aliphatic rings. The molecule has 4 heteroatoms. The van der Waals surface area contributed by atoms with Crippen LogP contribution in [0, 0.1) is 6.92 Å². The largest absolute Gasteiger partial charge is 0.493 e. The van der Waals surface area contributed by atoms with Gasteiger partial charge in [-0.05, 0) is 37.1 Å². The molecule has 0 aliphatic carbocycles. The molecule has 0 bridgehead atoms. The van der Waals surface area contributed by atoms with Gasteiger partial charge in [0, 0.05) is 11.4 Å². The van der Waals surface area contributed by atoms with Crippen molar-refractivity contribution >= 4 is 17.6 Å². The minimum absolute atomic E-state index is 0.132. The van der Waals surface area contributed by atoms with Crippen molar-refractivity contribution in [2.75, 3.05) is 6.61 Å². The van der Waals surface area contributed by atoms with Crippen molar-refractivity contribution in [2.24, 2.45) is 0 Å². The number of carboxylic acids is 1. The molecule has 0 aliphatic heterocycles. The monoisotopic (exact) mass is 228 g/mol. The van der Waals surface area contributed by atoms with Gasteiger partial charge in [0.1, 0.15) is 5.75 Å². The number of aryl methyl sites for hydroxylation is 1. The van der Waals surface area contributed by atoms with Gasteiger partial charge in [0.25, 0.3) is 0 Å². The number of rotatable bonds is 5. The average Bonchev–Trinajstić information content (AvgIpc) is 2.14. The average molecular weight is 229 g/mol. The van der Waals surface area contributed by atoms with Crippen LogP contribution in [-0.2, 0) is 4.79 Å².